The predicted molar refractivity (Wildman–Crippen MR) is 165 cm³/mol. The normalized spacial score (nSPS) is 11.4. The van der Waals surface area contributed by atoms with Crippen molar-refractivity contribution < 1.29 is 0 Å². The Morgan fingerprint density at radius 2 is 1.37 bits per heavy atom. The zero-order chi connectivity index (χ0) is 25.6. The first-order valence-electron chi connectivity index (χ1n) is 12.6. The van der Waals surface area contributed by atoms with E-state index in [0.717, 1.165) is 44.8 Å². The maximum absolute atomic E-state index is 4.83. The molecule has 7 aromatic rings. The first-order chi connectivity index (χ1) is 18.7. The molecule has 0 aliphatic carbocycles. The second kappa shape index (κ2) is 8.98. The Hall–Kier alpha value is -4.73. The lowest BCUT2D eigenvalue weighted by molar-refractivity contribution is 1.11. The van der Waals surface area contributed by atoms with Crippen LogP contribution in [0.5, 0.6) is 0 Å². The van der Waals surface area contributed by atoms with Gasteiger partial charge in [-0.1, -0.05) is 86.0 Å². The summed E-state index contributed by atoms with van der Waals surface area (Å²) in [6.45, 7) is 8.17. The number of fused-ring (bicyclic) bond motifs is 4. The minimum Gasteiger partial charge on any atom is -0.309 e. The molecule has 3 aromatic heterocycles. The summed E-state index contributed by atoms with van der Waals surface area (Å²) in [6.07, 6.45) is 5.84. The van der Waals surface area contributed by atoms with Gasteiger partial charge in [0.2, 0.25) is 0 Å². The van der Waals surface area contributed by atoms with Crippen molar-refractivity contribution in [1.82, 2.24) is 9.55 Å². The lowest BCUT2D eigenvalue weighted by Gasteiger charge is -2.12. The Kier molecular flexibility index (Phi) is 5.31. The van der Waals surface area contributed by atoms with E-state index in [1.807, 2.05) is 18.3 Å². The van der Waals surface area contributed by atoms with E-state index in [-0.39, 0.29) is 0 Å². The molecule has 38 heavy (non-hydrogen) atoms. The van der Waals surface area contributed by atoms with E-state index in [1.54, 1.807) is 11.3 Å². The highest BCUT2D eigenvalue weighted by Gasteiger charge is 2.15. The standard InChI is InChI=1S/C35H24N2S/c1-3-27-28-15-5-7-17-33(28)37(32(27)4-2)26-14-10-12-24(20-26)23-11-9-13-25(19-23)31-21-30-29-16-6-8-18-34(29)38-35(30)22-36-31/h3-22H,1-2H2. The molecular weight excluding hydrogens is 480 g/mol. The molecule has 2 nitrogen and oxygen atoms in total. The second-order valence-electron chi connectivity index (χ2n) is 9.35. The average Bonchev–Trinajstić information content (AvgIpc) is 3.52. The van der Waals surface area contributed by atoms with Crippen LogP contribution in [0.4, 0.5) is 0 Å². The summed E-state index contributed by atoms with van der Waals surface area (Å²) in [5.74, 6) is 0. The van der Waals surface area contributed by atoms with Crippen LogP contribution in [0, 0.1) is 0 Å². The van der Waals surface area contributed by atoms with Crippen LogP contribution >= 0.6 is 11.3 Å². The minimum atomic E-state index is 0.986. The summed E-state index contributed by atoms with van der Waals surface area (Å²) in [5, 5.41) is 3.72. The molecule has 0 amide bonds. The van der Waals surface area contributed by atoms with Gasteiger partial charge in [0, 0.05) is 43.9 Å². The average molecular weight is 505 g/mol. The highest BCUT2D eigenvalue weighted by molar-refractivity contribution is 7.25. The maximum atomic E-state index is 4.83. The summed E-state index contributed by atoms with van der Waals surface area (Å²) in [5.41, 5.74) is 8.79. The van der Waals surface area contributed by atoms with Crippen LogP contribution in [0.2, 0.25) is 0 Å². The fraction of sp³-hybridized carbons (Fsp3) is 0. The van der Waals surface area contributed by atoms with E-state index in [2.05, 4.69) is 121 Å². The molecule has 7 rings (SSSR count). The van der Waals surface area contributed by atoms with Crippen LogP contribution in [0.25, 0.3) is 71.3 Å². The van der Waals surface area contributed by atoms with Gasteiger partial charge in [0.15, 0.2) is 0 Å². The van der Waals surface area contributed by atoms with Crippen LogP contribution in [0.15, 0.2) is 122 Å². The van der Waals surface area contributed by atoms with Gasteiger partial charge in [-0.25, -0.2) is 0 Å². The summed E-state index contributed by atoms with van der Waals surface area (Å²) < 4.78 is 4.78. The molecular formula is C35H24N2S. The molecule has 0 saturated heterocycles. The molecule has 3 heterocycles. The molecule has 0 spiro atoms. The predicted octanol–water partition coefficient (Wildman–Crippen LogP) is 10.0. The zero-order valence-electron chi connectivity index (χ0n) is 20.8. The van der Waals surface area contributed by atoms with E-state index in [0.29, 0.717) is 0 Å². The van der Waals surface area contributed by atoms with Crippen LogP contribution in [0.3, 0.4) is 0 Å². The van der Waals surface area contributed by atoms with E-state index >= 15 is 0 Å². The van der Waals surface area contributed by atoms with E-state index in [4.69, 9.17) is 4.98 Å². The lowest BCUT2D eigenvalue weighted by atomic mass is 10.0. The van der Waals surface area contributed by atoms with Gasteiger partial charge in [-0.15, -0.1) is 11.3 Å². The number of thiophene rings is 1. The Balaban J connectivity index is 1.34. The monoisotopic (exact) mass is 504 g/mol. The quantitative estimate of drug-likeness (QED) is 0.228. The first kappa shape index (κ1) is 22.5. The lowest BCUT2D eigenvalue weighted by Crippen LogP contribution is -1.97. The van der Waals surface area contributed by atoms with Crippen molar-refractivity contribution in [2.24, 2.45) is 0 Å². The summed E-state index contributed by atoms with van der Waals surface area (Å²) in [4.78, 5) is 4.83. The van der Waals surface area contributed by atoms with E-state index in [9.17, 15) is 0 Å². The Morgan fingerprint density at radius 1 is 0.632 bits per heavy atom. The van der Waals surface area contributed by atoms with Crippen molar-refractivity contribution in [2.45, 2.75) is 0 Å². The van der Waals surface area contributed by atoms with Crippen molar-refractivity contribution >= 4 is 54.6 Å². The van der Waals surface area contributed by atoms with Crippen LogP contribution in [0.1, 0.15) is 11.3 Å². The number of benzene rings is 4. The number of para-hydroxylation sites is 1. The zero-order valence-corrected chi connectivity index (χ0v) is 21.6. The number of hydrogen-bond donors (Lipinski definition) is 0. The second-order valence-corrected chi connectivity index (χ2v) is 10.4. The first-order valence-corrected chi connectivity index (χ1v) is 13.4. The van der Waals surface area contributed by atoms with Crippen molar-refractivity contribution in [2.75, 3.05) is 0 Å². The number of hydrogen-bond acceptors (Lipinski definition) is 2. The summed E-state index contributed by atoms with van der Waals surface area (Å²) in [7, 11) is 0. The topological polar surface area (TPSA) is 17.8 Å². The third-order valence-corrected chi connectivity index (χ3v) is 8.33. The van der Waals surface area contributed by atoms with Crippen molar-refractivity contribution in [3.8, 4) is 28.1 Å². The molecule has 0 atom stereocenters. The fourth-order valence-corrected chi connectivity index (χ4v) is 6.51. The van der Waals surface area contributed by atoms with E-state index in [1.165, 1.54) is 25.6 Å². The van der Waals surface area contributed by atoms with Gasteiger partial charge in [-0.05, 0) is 53.6 Å². The Labute approximate surface area is 225 Å². The maximum Gasteiger partial charge on any atom is 0.0709 e. The molecule has 0 bridgehead atoms. The smallest absolute Gasteiger partial charge is 0.0709 e. The van der Waals surface area contributed by atoms with Crippen molar-refractivity contribution in [3.63, 3.8) is 0 Å². The molecule has 0 unspecified atom stereocenters. The molecule has 180 valence electrons. The van der Waals surface area contributed by atoms with Crippen LogP contribution in [-0.4, -0.2) is 9.55 Å². The summed E-state index contributed by atoms with van der Waals surface area (Å²) in [6, 6.07) is 36.6. The molecule has 0 N–H and O–H groups in total. The molecule has 0 aliphatic heterocycles. The van der Waals surface area contributed by atoms with Crippen LogP contribution in [-0.2, 0) is 0 Å². The minimum absolute atomic E-state index is 0.986. The van der Waals surface area contributed by atoms with Crippen LogP contribution < -0.4 is 0 Å². The third kappa shape index (κ3) is 3.52. The number of pyridine rings is 1. The SMILES string of the molecule is C=Cc1c(C=C)n(-c2cccc(-c3cccc(-c4cc5c(cn4)sc4ccccc45)c3)c2)c2ccccc12. The molecule has 0 radical (unpaired) electrons. The summed E-state index contributed by atoms with van der Waals surface area (Å²) >= 11 is 1.79. The molecule has 0 aliphatic rings. The van der Waals surface area contributed by atoms with Gasteiger partial charge in [-0.2, -0.15) is 0 Å². The fourth-order valence-electron chi connectivity index (χ4n) is 5.45. The van der Waals surface area contributed by atoms with E-state index < -0.39 is 0 Å². The van der Waals surface area contributed by atoms with Crippen molar-refractivity contribution in [3.05, 3.63) is 134 Å². The van der Waals surface area contributed by atoms with Gasteiger partial charge < -0.3 is 4.57 Å². The van der Waals surface area contributed by atoms with Gasteiger partial charge in [-0.3, -0.25) is 4.98 Å². The highest BCUT2D eigenvalue weighted by atomic mass is 32.1. The Morgan fingerprint density at radius 3 is 2.21 bits per heavy atom. The number of rotatable bonds is 5. The third-order valence-electron chi connectivity index (χ3n) is 7.21. The van der Waals surface area contributed by atoms with Gasteiger partial charge in [0.25, 0.3) is 0 Å². The number of nitrogens with zero attached hydrogens (tertiary/aromatic N) is 2. The molecule has 0 fully saturated rings. The van der Waals surface area contributed by atoms with Gasteiger partial charge in [0.05, 0.1) is 21.6 Å². The van der Waals surface area contributed by atoms with Gasteiger partial charge in [0.1, 0.15) is 0 Å². The van der Waals surface area contributed by atoms with Gasteiger partial charge >= 0.3 is 0 Å². The van der Waals surface area contributed by atoms with Crippen molar-refractivity contribution in [1.29, 1.82) is 0 Å². The largest absolute Gasteiger partial charge is 0.309 e. The molecule has 0 saturated carbocycles. The number of aromatic nitrogens is 2. The molecule has 3 heteroatoms. The highest BCUT2D eigenvalue weighted by Crippen LogP contribution is 2.36. The molecule has 4 aromatic carbocycles. The Bertz CT molecular complexity index is 2020.